The summed E-state index contributed by atoms with van der Waals surface area (Å²) in [6.07, 6.45) is 5.69. The van der Waals surface area contributed by atoms with Crippen LogP contribution in [-0.4, -0.2) is 51.2 Å². The van der Waals surface area contributed by atoms with Gasteiger partial charge < -0.3 is 9.04 Å². The van der Waals surface area contributed by atoms with Gasteiger partial charge in [-0.1, -0.05) is 6.92 Å². The minimum Gasteiger partial charge on any atom is -0.726 e. The highest BCUT2D eigenvalue weighted by atomic mass is 32.3. The van der Waals surface area contributed by atoms with Gasteiger partial charge in [0.05, 0.1) is 33.8 Å². The van der Waals surface area contributed by atoms with Gasteiger partial charge in [0, 0.05) is 0 Å². The van der Waals surface area contributed by atoms with Crippen molar-refractivity contribution in [2.45, 2.75) is 38.6 Å². The van der Waals surface area contributed by atoms with Crippen LogP contribution in [0.4, 0.5) is 0 Å². The number of rotatable bonds is 2. The van der Waals surface area contributed by atoms with Gasteiger partial charge in [0.1, 0.15) is 0 Å². The second-order valence-electron chi connectivity index (χ2n) is 4.64. The van der Waals surface area contributed by atoms with E-state index in [2.05, 4.69) is 25.2 Å². The molecule has 1 atom stereocenters. The van der Waals surface area contributed by atoms with Crippen LogP contribution in [0.5, 0.6) is 0 Å². The van der Waals surface area contributed by atoms with Crippen molar-refractivity contribution < 1.29 is 21.6 Å². The Morgan fingerprint density at radius 2 is 1.88 bits per heavy atom. The molecule has 16 heavy (non-hydrogen) atoms. The van der Waals surface area contributed by atoms with Crippen LogP contribution in [0.1, 0.15) is 32.6 Å². The van der Waals surface area contributed by atoms with E-state index in [0.29, 0.717) is 0 Å². The normalized spacial score (nSPS) is 24.4. The Balaban J connectivity index is 0.000000325. The van der Waals surface area contributed by atoms with Gasteiger partial charge in [0.2, 0.25) is 10.4 Å². The highest BCUT2D eigenvalue weighted by Gasteiger charge is 2.29. The van der Waals surface area contributed by atoms with Crippen LogP contribution in [0.15, 0.2) is 0 Å². The van der Waals surface area contributed by atoms with Gasteiger partial charge >= 0.3 is 0 Å². The molecule has 5 nitrogen and oxygen atoms in total. The third-order valence-corrected chi connectivity index (χ3v) is 3.59. The highest BCUT2D eigenvalue weighted by Crippen LogP contribution is 2.23. The summed E-state index contributed by atoms with van der Waals surface area (Å²) < 4.78 is 32.3. The lowest BCUT2D eigenvalue weighted by Crippen LogP contribution is -2.51. The summed E-state index contributed by atoms with van der Waals surface area (Å²) in [5.74, 6) is 0. The van der Waals surface area contributed by atoms with Crippen molar-refractivity contribution in [3.8, 4) is 0 Å². The summed E-state index contributed by atoms with van der Waals surface area (Å²) in [4.78, 5) is 0. The Morgan fingerprint density at radius 1 is 1.38 bits per heavy atom. The van der Waals surface area contributed by atoms with Crippen molar-refractivity contribution >= 4 is 10.4 Å². The first kappa shape index (κ1) is 15.8. The lowest BCUT2D eigenvalue weighted by molar-refractivity contribution is -0.920. The minimum atomic E-state index is -4.41. The van der Waals surface area contributed by atoms with Crippen LogP contribution in [0.2, 0.25) is 0 Å². The van der Waals surface area contributed by atoms with Crippen LogP contribution in [0.3, 0.4) is 0 Å². The fourth-order valence-corrected chi connectivity index (χ4v) is 2.13. The zero-order chi connectivity index (χ0) is 12.8. The third-order valence-electron chi connectivity index (χ3n) is 3.19. The quantitative estimate of drug-likeness (QED) is 0.420. The smallest absolute Gasteiger partial charge is 0.217 e. The molecule has 0 aromatic carbocycles. The number of nitrogens with zero attached hydrogens (tertiary/aromatic N) is 1. The summed E-state index contributed by atoms with van der Waals surface area (Å²) in [6.45, 7) is 3.70. The Bertz CT molecular complexity index is 287. The van der Waals surface area contributed by atoms with Gasteiger partial charge in [-0.25, -0.2) is 8.42 Å². The molecule has 0 amide bonds. The molecular weight excluding hydrogens is 230 g/mol. The number of hydrogen-bond acceptors (Lipinski definition) is 4. The molecule has 1 aliphatic rings. The second kappa shape index (κ2) is 6.54. The van der Waals surface area contributed by atoms with Crippen molar-refractivity contribution in [1.29, 1.82) is 0 Å². The third kappa shape index (κ3) is 6.42. The number of piperidine rings is 1. The van der Waals surface area contributed by atoms with Gasteiger partial charge in [0.15, 0.2) is 0 Å². The van der Waals surface area contributed by atoms with E-state index >= 15 is 0 Å². The molecule has 1 rings (SSSR count). The van der Waals surface area contributed by atoms with Gasteiger partial charge in [-0.2, -0.15) is 0 Å². The molecule has 1 saturated heterocycles. The molecule has 1 aliphatic heterocycles. The van der Waals surface area contributed by atoms with E-state index < -0.39 is 10.4 Å². The summed E-state index contributed by atoms with van der Waals surface area (Å²) in [5, 5.41) is 0. The molecule has 6 heteroatoms. The largest absolute Gasteiger partial charge is 0.726 e. The van der Waals surface area contributed by atoms with E-state index in [9.17, 15) is 13.0 Å². The number of hydrogen-bond donors (Lipinski definition) is 0. The minimum absolute atomic E-state index is 0.808. The standard InChI is InChI=1S/C9H20N.CH4O4S/c1-4-9-7-5-6-8-10(9,2)3;1-5-6(2,3)4/h9H,4-8H2,1-3H3;1H3,(H,2,3,4)/q+1;/p-1. The molecule has 1 fully saturated rings. The van der Waals surface area contributed by atoms with E-state index in [1.165, 1.54) is 36.7 Å². The van der Waals surface area contributed by atoms with Crippen molar-refractivity contribution in [2.75, 3.05) is 27.7 Å². The first-order valence-corrected chi connectivity index (χ1v) is 6.90. The SMILES string of the molecule is CCC1CCCC[N+]1(C)C.COS(=O)(=O)[O-]. The number of quaternary nitrogens is 1. The maximum atomic E-state index is 9.22. The molecule has 0 aliphatic carbocycles. The van der Waals surface area contributed by atoms with Crippen molar-refractivity contribution in [3.05, 3.63) is 0 Å². The van der Waals surface area contributed by atoms with E-state index in [1.54, 1.807) is 0 Å². The lowest BCUT2D eigenvalue weighted by Gasteiger charge is -2.41. The molecule has 1 unspecified atom stereocenters. The average molecular weight is 253 g/mol. The first-order valence-electron chi connectivity index (χ1n) is 5.57. The van der Waals surface area contributed by atoms with Gasteiger partial charge in [-0.05, 0) is 25.7 Å². The van der Waals surface area contributed by atoms with Gasteiger partial charge in [-0.15, -0.1) is 0 Å². The molecule has 0 aromatic rings. The molecule has 98 valence electrons. The van der Waals surface area contributed by atoms with Crippen LogP contribution in [0.25, 0.3) is 0 Å². The van der Waals surface area contributed by atoms with E-state index in [0.717, 1.165) is 13.2 Å². The second-order valence-corrected chi connectivity index (χ2v) is 5.78. The summed E-state index contributed by atoms with van der Waals surface area (Å²) >= 11 is 0. The predicted molar refractivity (Wildman–Crippen MR) is 61.6 cm³/mol. The first-order chi connectivity index (χ1) is 7.23. The summed E-state index contributed by atoms with van der Waals surface area (Å²) in [6, 6.07) is 0.939. The zero-order valence-electron chi connectivity index (χ0n) is 10.6. The van der Waals surface area contributed by atoms with E-state index in [1.807, 2.05) is 0 Å². The van der Waals surface area contributed by atoms with Crippen LogP contribution in [-0.2, 0) is 14.6 Å². The molecule has 0 N–H and O–H groups in total. The Morgan fingerprint density at radius 3 is 2.12 bits per heavy atom. The van der Waals surface area contributed by atoms with E-state index in [4.69, 9.17) is 0 Å². The topological polar surface area (TPSA) is 66.4 Å². The maximum Gasteiger partial charge on any atom is 0.217 e. The zero-order valence-corrected chi connectivity index (χ0v) is 11.4. The molecule has 0 aromatic heterocycles. The van der Waals surface area contributed by atoms with Crippen LogP contribution < -0.4 is 0 Å². The molecule has 0 spiro atoms. The lowest BCUT2D eigenvalue weighted by atomic mass is 9.98. The molecule has 0 bridgehead atoms. The molecule has 0 radical (unpaired) electrons. The monoisotopic (exact) mass is 253 g/mol. The Labute approximate surface area is 98.9 Å². The number of likely N-dealkylation sites (tertiary alicyclic amines) is 1. The molecule has 0 saturated carbocycles. The van der Waals surface area contributed by atoms with Crippen LogP contribution >= 0.6 is 0 Å². The Kier molecular flexibility index (Phi) is 6.47. The average Bonchev–Trinajstić information content (AvgIpc) is 2.17. The maximum absolute atomic E-state index is 9.22. The van der Waals surface area contributed by atoms with Crippen molar-refractivity contribution in [2.24, 2.45) is 0 Å². The predicted octanol–water partition coefficient (Wildman–Crippen LogP) is 1.12. The van der Waals surface area contributed by atoms with Gasteiger partial charge in [-0.3, -0.25) is 4.18 Å². The van der Waals surface area contributed by atoms with Crippen molar-refractivity contribution in [3.63, 3.8) is 0 Å². The summed E-state index contributed by atoms with van der Waals surface area (Å²) in [7, 11) is 1.13. The van der Waals surface area contributed by atoms with Gasteiger partial charge in [0.25, 0.3) is 0 Å². The Hall–Kier alpha value is -0.170. The highest BCUT2D eigenvalue weighted by molar-refractivity contribution is 7.80. The van der Waals surface area contributed by atoms with E-state index in [-0.39, 0.29) is 0 Å². The fraction of sp³-hybridized carbons (Fsp3) is 1.00. The molecular formula is C10H23NO4S. The molecule has 1 heterocycles. The van der Waals surface area contributed by atoms with Crippen molar-refractivity contribution in [1.82, 2.24) is 0 Å². The fourth-order valence-electron chi connectivity index (χ4n) is 2.13. The van der Waals surface area contributed by atoms with Crippen LogP contribution in [0, 0.1) is 0 Å². The summed E-state index contributed by atoms with van der Waals surface area (Å²) in [5.41, 5.74) is 0.